The van der Waals surface area contributed by atoms with Crippen molar-refractivity contribution in [3.05, 3.63) is 0 Å². The quantitative estimate of drug-likeness (QED) is 0.647. The standard InChI is InChI=1S/C10H21NO2/c11-7-9(12)8-13-10-5-3-1-2-4-6-10/h9-10,12H,1-8,11H2. The molecule has 1 saturated carbocycles. The third kappa shape index (κ3) is 4.60. The van der Waals surface area contributed by atoms with Gasteiger partial charge in [0.2, 0.25) is 0 Å². The minimum atomic E-state index is -0.483. The molecule has 3 N–H and O–H groups in total. The van der Waals surface area contributed by atoms with E-state index < -0.39 is 6.10 Å². The lowest BCUT2D eigenvalue weighted by atomic mass is 10.1. The summed E-state index contributed by atoms with van der Waals surface area (Å²) in [6, 6.07) is 0. The summed E-state index contributed by atoms with van der Waals surface area (Å²) in [6.07, 6.45) is 7.38. The van der Waals surface area contributed by atoms with Crippen LogP contribution in [0.2, 0.25) is 0 Å². The monoisotopic (exact) mass is 187 g/mol. The molecule has 0 aliphatic heterocycles. The van der Waals surface area contributed by atoms with Gasteiger partial charge in [-0.1, -0.05) is 25.7 Å². The highest BCUT2D eigenvalue weighted by molar-refractivity contribution is 4.65. The molecule has 1 atom stereocenters. The number of nitrogens with two attached hydrogens (primary N) is 1. The predicted molar refractivity (Wildman–Crippen MR) is 52.5 cm³/mol. The van der Waals surface area contributed by atoms with E-state index in [1.54, 1.807) is 0 Å². The van der Waals surface area contributed by atoms with Gasteiger partial charge < -0.3 is 15.6 Å². The molecule has 3 nitrogen and oxygen atoms in total. The molecule has 1 unspecified atom stereocenters. The van der Waals surface area contributed by atoms with Gasteiger partial charge in [-0.15, -0.1) is 0 Å². The van der Waals surface area contributed by atoms with Crippen molar-refractivity contribution in [3.63, 3.8) is 0 Å². The number of hydrogen-bond donors (Lipinski definition) is 2. The highest BCUT2D eigenvalue weighted by Crippen LogP contribution is 2.19. The van der Waals surface area contributed by atoms with Crippen molar-refractivity contribution in [2.45, 2.75) is 50.7 Å². The molecule has 1 fully saturated rings. The van der Waals surface area contributed by atoms with Crippen LogP contribution in [-0.2, 0) is 4.74 Å². The Morgan fingerprint density at radius 2 is 1.85 bits per heavy atom. The summed E-state index contributed by atoms with van der Waals surface area (Å²) < 4.78 is 5.59. The zero-order chi connectivity index (χ0) is 9.52. The third-order valence-corrected chi connectivity index (χ3v) is 2.60. The molecule has 0 aromatic heterocycles. The molecular formula is C10H21NO2. The van der Waals surface area contributed by atoms with Gasteiger partial charge in [0.15, 0.2) is 0 Å². The van der Waals surface area contributed by atoms with Crippen LogP contribution in [-0.4, -0.2) is 30.5 Å². The minimum absolute atomic E-state index is 0.298. The van der Waals surface area contributed by atoms with Crippen molar-refractivity contribution in [2.75, 3.05) is 13.2 Å². The van der Waals surface area contributed by atoms with Gasteiger partial charge in [-0.05, 0) is 12.8 Å². The fourth-order valence-electron chi connectivity index (χ4n) is 1.72. The van der Waals surface area contributed by atoms with Gasteiger partial charge in [0.05, 0.1) is 18.8 Å². The summed E-state index contributed by atoms with van der Waals surface area (Å²) in [5.41, 5.74) is 5.29. The molecule has 1 aliphatic carbocycles. The maximum absolute atomic E-state index is 9.21. The summed E-state index contributed by atoms with van der Waals surface area (Å²) in [6.45, 7) is 0.702. The highest BCUT2D eigenvalue weighted by atomic mass is 16.5. The van der Waals surface area contributed by atoms with E-state index in [1.165, 1.54) is 25.7 Å². The van der Waals surface area contributed by atoms with E-state index in [4.69, 9.17) is 10.5 Å². The molecule has 0 radical (unpaired) electrons. The van der Waals surface area contributed by atoms with Gasteiger partial charge in [-0.3, -0.25) is 0 Å². The first-order valence-electron chi connectivity index (χ1n) is 5.32. The number of hydrogen-bond acceptors (Lipinski definition) is 3. The fourth-order valence-corrected chi connectivity index (χ4v) is 1.72. The van der Waals surface area contributed by atoms with Gasteiger partial charge in [0.25, 0.3) is 0 Å². The Morgan fingerprint density at radius 1 is 1.23 bits per heavy atom. The van der Waals surface area contributed by atoms with Crippen molar-refractivity contribution in [1.29, 1.82) is 0 Å². The number of rotatable bonds is 4. The van der Waals surface area contributed by atoms with Crippen LogP contribution in [0.5, 0.6) is 0 Å². The molecule has 0 aromatic carbocycles. The van der Waals surface area contributed by atoms with E-state index in [2.05, 4.69) is 0 Å². The zero-order valence-corrected chi connectivity index (χ0v) is 8.24. The van der Waals surface area contributed by atoms with E-state index in [-0.39, 0.29) is 0 Å². The van der Waals surface area contributed by atoms with Crippen LogP contribution in [0, 0.1) is 0 Å². The Hall–Kier alpha value is -0.120. The van der Waals surface area contributed by atoms with E-state index in [0.717, 1.165) is 12.8 Å². The van der Waals surface area contributed by atoms with E-state index >= 15 is 0 Å². The Morgan fingerprint density at radius 3 is 2.38 bits per heavy atom. The van der Waals surface area contributed by atoms with Gasteiger partial charge in [-0.2, -0.15) is 0 Å². The Balaban J connectivity index is 2.11. The molecule has 0 saturated heterocycles. The number of aliphatic hydroxyl groups excluding tert-OH is 1. The second-order valence-electron chi connectivity index (χ2n) is 3.84. The van der Waals surface area contributed by atoms with Crippen LogP contribution in [0.4, 0.5) is 0 Å². The summed E-state index contributed by atoms with van der Waals surface area (Å²) in [5, 5.41) is 9.21. The van der Waals surface area contributed by atoms with Crippen LogP contribution in [0.1, 0.15) is 38.5 Å². The Bertz CT molecular complexity index is 122. The largest absolute Gasteiger partial charge is 0.389 e. The minimum Gasteiger partial charge on any atom is -0.389 e. The molecule has 0 heterocycles. The Kier molecular flexibility index (Phi) is 5.35. The van der Waals surface area contributed by atoms with Gasteiger partial charge in [0, 0.05) is 6.54 Å². The summed E-state index contributed by atoms with van der Waals surface area (Å²) in [4.78, 5) is 0. The molecule has 3 heteroatoms. The molecule has 78 valence electrons. The normalized spacial score (nSPS) is 22.6. The molecule has 0 amide bonds. The first-order chi connectivity index (χ1) is 6.33. The van der Waals surface area contributed by atoms with Crippen molar-refractivity contribution in [3.8, 4) is 0 Å². The van der Waals surface area contributed by atoms with E-state index in [9.17, 15) is 5.11 Å². The average molecular weight is 187 g/mol. The van der Waals surface area contributed by atoms with Crippen LogP contribution in [0.3, 0.4) is 0 Å². The topological polar surface area (TPSA) is 55.5 Å². The average Bonchev–Trinajstić information content (AvgIpc) is 2.42. The van der Waals surface area contributed by atoms with Crippen LogP contribution >= 0.6 is 0 Å². The third-order valence-electron chi connectivity index (χ3n) is 2.60. The molecule has 0 aromatic rings. The van der Waals surface area contributed by atoms with Gasteiger partial charge in [0.1, 0.15) is 0 Å². The lowest BCUT2D eigenvalue weighted by molar-refractivity contribution is -0.0117. The van der Waals surface area contributed by atoms with Crippen molar-refractivity contribution < 1.29 is 9.84 Å². The smallest absolute Gasteiger partial charge is 0.0895 e. The zero-order valence-electron chi connectivity index (χ0n) is 8.24. The van der Waals surface area contributed by atoms with Gasteiger partial charge >= 0.3 is 0 Å². The molecule has 13 heavy (non-hydrogen) atoms. The SMILES string of the molecule is NCC(O)COC1CCCCCC1. The molecule has 0 spiro atoms. The van der Waals surface area contributed by atoms with Crippen LogP contribution in [0.25, 0.3) is 0 Å². The summed E-state index contributed by atoms with van der Waals surface area (Å²) in [7, 11) is 0. The van der Waals surface area contributed by atoms with Crippen molar-refractivity contribution in [2.24, 2.45) is 5.73 Å². The van der Waals surface area contributed by atoms with E-state index in [0.29, 0.717) is 19.3 Å². The first-order valence-corrected chi connectivity index (χ1v) is 5.32. The Labute approximate surface area is 80.3 Å². The maximum atomic E-state index is 9.21. The molecule has 1 aliphatic rings. The summed E-state index contributed by atoms with van der Waals surface area (Å²) in [5.74, 6) is 0. The van der Waals surface area contributed by atoms with Crippen LogP contribution in [0.15, 0.2) is 0 Å². The first kappa shape index (κ1) is 11.0. The highest BCUT2D eigenvalue weighted by Gasteiger charge is 2.13. The second-order valence-corrected chi connectivity index (χ2v) is 3.84. The number of ether oxygens (including phenoxy) is 1. The molecule has 0 bridgehead atoms. The fraction of sp³-hybridized carbons (Fsp3) is 1.00. The molecule has 1 rings (SSSR count). The summed E-state index contributed by atoms with van der Waals surface area (Å²) >= 11 is 0. The lowest BCUT2D eigenvalue weighted by Crippen LogP contribution is -2.28. The predicted octanol–water partition coefficient (Wildman–Crippen LogP) is 1.05. The van der Waals surface area contributed by atoms with E-state index in [1.807, 2.05) is 0 Å². The number of aliphatic hydroxyl groups is 1. The second kappa shape index (κ2) is 6.35. The lowest BCUT2D eigenvalue weighted by Gasteiger charge is -2.17. The van der Waals surface area contributed by atoms with Crippen LogP contribution < -0.4 is 5.73 Å². The van der Waals surface area contributed by atoms with Crippen molar-refractivity contribution in [1.82, 2.24) is 0 Å². The molecular weight excluding hydrogens is 166 g/mol. The van der Waals surface area contributed by atoms with Crippen molar-refractivity contribution >= 4 is 0 Å². The van der Waals surface area contributed by atoms with Gasteiger partial charge in [-0.25, -0.2) is 0 Å². The maximum Gasteiger partial charge on any atom is 0.0895 e.